The maximum absolute atomic E-state index is 10.8. The molecule has 0 amide bonds. The van der Waals surface area contributed by atoms with Crippen molar-refractivity contribution < 1.29 is 14.1 Å². The van der Waals surface area contributed by atoms with Gasteiger partial charge in [0.15, 0.2) is 0 Å². The molecule has 15 heavy (non-hydrogen) atoms. The Kier molecular flexibility index (Phi) is 3.99. The number of aliphatic carboxylic acids is 1. The maximum atomic E-state index is 10.8. The van der Waals surface area contributed by atoms with Gasteiger partial charge in [-0.2, -0.15) is 0 Å². The fraction of sp³-hybridized carbons (Fsp3) is 0.111. The van der Waals surface area contributed by atoms with E-state index in [1.54, 1.807) is 12.1 Å². The summed E-state index contributed by atoms with van der Waals surface area (Å²) >= 11 is 0. The topological polar surface area (TPSA) is 79.3 Å². The van der Waals surface area contributed by atoms with Crippen LogP contribution < -0.4 is 4.72 Å². The van der Waals surface area contributed by atoms with Crippen LogP contribution in [0.3, 0.4) is 0 Å². The van der Waals surface area contributed by atoms with Crippen LogP contribution in [-0.2, 0) is 15.8 Å². The van der Waals surface area contributed by atoms with Crippen LogP contribution in [0.4, 0.5) is 5.82 Å². The van der Waals surface area contributed by atoms with Gasteiger partial charge in [0.05, 0.1) is 0 Å². The third kappa shape index (κ3) is 4.37. The molecule has 1 heterocycles. The highest BCUT2D eigenvalue weighted by Gasteiger charge is 1.96. The van der Waals surface area contributed by atoms with Crippen LogP contribution in [0.15, 0.2) is 24.4 Å². The number of carbonyl (C=O) groups is 1. The molecule has 1 atom stereocenters. The van der Waals surface area contributed by atoms with Crippen LogP contribution in [0.2, 0.25) is 0 Å². The summed E-state index contributed by atoms with van der Waals surface area (Å²) in [5.41, 5.74) is 0.681. The first kappa shape index (κ1) is 11.4. The van der Waals surface area contributed by atoms with Crippen molar-refractivity contribution in [3.05, 3.63) is 30.0 Å². The first-order valence-electron chi connectivity index (χ1n) is 4.05. The molecule has 1 rings (SSSR count). The monoisotopic (exact) mass is 226 g/mol. The molecule has 2 N–H and O–H groups in total. The number of hydrogen-bond donors (Lipinski definition) is 2. The largest absolute Gasteiger partial charge is 0.478 e. The van der Waals surface area contributed by atoms with Gasteiger partial charge in [0.1, 0.15) is 16.8 Å². The molecule has 6 heteroatoms. The van der Waals surface area contributed by atoms with Crippen LogP contribution in [-0.4, -0.2) is 26.5 Å². The quantitative estimate of drug-likeness (QED) is 0.747. The molecule has 0 saturated heterocycles. The van der Waals surface area contributed by atoms with E-state index < -0.39 is 17.0 Å². The zero-order chi connectivity index (χ0) is 11.3. The molecule has 0 aliphatic rings. The lowest BCUT2D eigenvalue weighted by Crippen LogP contribution is -2.02. The van der Waals surface area contributed by atoms with Gasteiger partial charge >= 0.3 is 5.97 Å². The lowest BCUT2D eigenvalue weighted by atomic mass is 10.2. The highest BCUT2D eigenvalue weighted by molar-refractivity contribution is 7.85. The van der Waals surface area contributed by atoms with E-state index in [1.807, 2.05) is 0 Å². The van der Waals surface area contributed by atoms with Gasteiger partial charge in [-0.3, -0.25) is 4.72 Å². The number of nitrogens with zero attached hydrogens (tertiary/aromatic N) is 1. The lowest BCUT2D eigenvalue weighted by Gasteiger charge is -2.01. The molecule has 0 spiro atoms. The van der Waals surface area contributed by atoms with Gasteiger partial charge in [-0.25, -0.2) is 14.0 Å². The summed E-state index contributed by atoms with van der Waals surface area (Å²) in [5.74, 6) is -0.566. The van der Waals surface area contributed by atoms with Crippen LogP contribution in [0.25, 0.3) is 6.08 Å². The van der Waals surface area contributed by atoms with Crippen molar-refractivity contribution >= 4 is 28.8 Å². The summed E-state index contributed by atoms with van der Waals surface area (Å²) in [5, 5.41) is 8.42. The van der Waals surface area contributed by atoms with Crippen molar-refractivity contribution in [3.63, 3.8) is 0 Å². The maximum Gasteiger partial charge on any atom is 0.328 e. The number of hydrogen-bond acceptors (Lipinski definition) is 3. The van der Waals surface area contributed by atoms with Crippen LogP contribution in [0.5, 0.6) is 0 Å². The van der Waals surface area contributed by atoms with Gasteiger partial charge in [0.25, 0.3) is 0 Å². The molecule has 80 valence electrons. The Morgan fingerprint density at radius 3 is 3.00 bits per heavy atom. The Labute approximate surface area is 89.4 Å². The van der Waals surface area contributed by atoms with Gasteiger partial charge in [0.2, 0.25) is 0 Å². The first-order chi connectivity index (χ1) is 7.08. The number of carboxylic acids is 1. The summed E-state index contributed by atoms with van der Waals surface area (Å²) < 4.78 is 13.5. The van der Waals surface area contributed by atoms with Crippen molar-refractivity contribution in [2.24, 2.45) is 0 Å². The summed E-state index contributed by atoms with van der Waals surface area (Å²) in [6, 6.07) is 3.27. The molecule has 0 saturated carbocycles. The molecular formula is C9H10N2O3S. The minimum absolute atomic E-state index is 0.448. The van der Waals surface area contributed by atoms with E-state index in [1.165, 1.54) is 18.5 Å². The number of aromatic nitrogens is 1. The fourth-order valence-electron chi connectivity index (χ4n) is 0.921. The molecule has 1 aromatic rings. The van der Waals surface area contributed by atoms with E-state index in [4.69, 9.17) is 5.11 Å². The SMILES string of the molecule is CS(=O)Nc1cc(/C=C/C(=O)O)ccn1. The Morgan fingerprint density at radius 2 is 2.40 bits per heavy atom. The second-order valence-corrected chi connectivity index (χ2v) is 3.81. The molecule has 5 nitrogen and oxygen atoms in total. The third-order valence-corrected chi connectivity index (χ3v) is 1.95. The number of nitrogens with one attached hydrogen (secondary N) is 1. The summed E-state index contributed by atoms with van der Waals surface area (Å²) in [7, 11) is -1.19. The Balaban J connectivity index is 2.82. The van der Waals surface area contributed by atoms with Gasteiger partial charge in [-0.15, -0.1) is 0 Å². The number of pyridine rings is 1. The predicted molar refractivity (Wildman–Crippen MR) is 58.6 cm³/mol. The third-order valence-electron chi connectivity index (χ3n) is 1.45. The Morgan fingerprint density at radius 1 is 1.67 bits per heavy atom. The molecule has 1 aromatic heterocycles. The van der Waals surface area contributed by atoms with Crippen molar-refractivity contribution in [1.29, 1.82) is 0 Å². The van der Waals surface area contributed by atoms with E-state index in [9.17, 15) is 9.00 Å². The average Bonchev–Trinajstić information content (AvgIpc) is 2.14. The average molecular weight is 226 g/mol. The minimum atomic E-state index is -1.19. The van der Waals surface area contributed by atoms with E-state index in [-0.39, 0.29) is 0 Å². The Bertz CT molecular complexity index is 418. The number of rotatable bonds is 4. The first-order valence-corrected chi connectivity index (χ1v) is 5.61. The van der Waals surface area contributed by atoms with E-state index >= 15 is 0 Å². The zero-order valence-electron chi connectivity index (χ0n) is 8.01. The molecule has 0 aromatic carbocycles. The van der Waals surface area contributed by atoms with Crippen LogP contribution >= 0.6 is 0 Å². The second kappa shape index (κ2) is 5.26. The summed E-state index contributed by atoms with van der Waals surface area (Å²) in [6.45, 7) is 0. The molecule has 0 radical (unpaired) electrons. The molecule has 1 unspecified atom stereocenters. The molecule has 0 bridgehead atoms. The van der Waals surface area contributed by atoms with Crippen LogP contribution in [0.1, 0.15) is 5.56 Å². The summed E-state index contributed by atoms with van der Waals surface area (Å²) in [6.07, 6.45) is 5.47. The second-order valence-electron chi connectivity index (χ2n) is 2.70. The molecule has 0 fully saturated rings. The minimum Gasteiger partial charge on any atom is -0.478 e. The normalized spacial score (nSPS) is 12.6. The molecule has 0 aliphatic heterocycles. The standard InChI is InChI=1S/C9H10N2O3S/c1-15(14)11-8-6-7(4-5-10-8)2-3-9(12)13/h2-6H,1H3,(H,10,11)(H,12,13)/b3-2+. The smallest absolute Gasteiger partial charge is 0.328 e. The molecule has 0 aliphatic carbocycles. The highest BCUT2D eigenvalue weighted by Crippen LogP contribution is 2.08. The number of carboxylic acid groups (broad SMARTS) is 1. The molecular weight excluding hydrogens is 216 g/mol. The van der Waals surface area contributed by atoms with Gasteiger partial charge in [-0.1, -0.05) is 0 Å². The van der Waals surface area contributed by atoms with E-state index in [2.05, 4.69) is 9.71 Å². The van der Waals surface area contributed by atoms with Crippen molar-refractivity contribution in [2.45, 2.75) is 0 Å². The van der Waals surface area contributed by atoms with E-state index in [0.29, 0.717) is 11.4 Å². The van der Waals surface area contributed by atoms with Gasteiger partial charge < -0.3 is 5.11 Å². The zero-order valence-corrected chi connectivity index (χ0v) is 8.82. The van der Waals surface area contributed by atoms with Crippen molar-refractivity contribution in [2.75, 3.05) is 11.0 Å². The summed E-state index contributed by atoms with van der Waals surface area (Å²) in [4.78, 5) is 14.2. The van der Waals surface area contributed by atoms with Crippen LogP contribution in [0, 0.1) is 0 Å². The van der Waals surface area contributed by atoms with Gasteiger partial charge in [-0.05, 0) is 23.8 Å². The predicted octanol–water partition coefficient (Wildman–Crippen LogP) is 0.885. The van der Waals surface area contributed by atoms with Crippen molar-refractivity contribution in [3.8, 4) is 0 Å². The Hall–Kier alpha value is -1.69. The van der Waals surface area contributed by atoms with E-state index in [0.717, 1.165) is 6.08 Å². The lowest BCUT2D eigenvalue weighted by molar-refractivity contribution is -0.131. The van der Waals surface area contributed by atoms with Crippen molar-refractivity contribution in [1.82, 2.24) is 4.98 Å². The van der Waals surface area contributed by atoms with Gasteiger partial charge in [0, 0.05) is 18.5 Å². The fourth-order valence-corrected chi connectivity index (χ4v) is 1.33. The number of anilines is 1. The highest BCUT2D eigenvalue weighted by atomic mass is 32.2.